The van der Waals surface area contributed by atoms with Crippen molar-refractivity contribution in [2.45, 2.75) is 39.7 Å². The predicted molar refractivity (Wildman–Crippen MR) is 76.0 cm³/mol. The zero-order valence-corrected chi connectivity index (χ0v) is 12.5. The van der Waals surface area contributed by atoms with Crippen LogP contribution in [0.15, 0.2) is 24.5 Å². The van der Waals surface area contributed by atoms with Gasteiger partial charge in [0.15, 0.2) is 0 Å². The standard InChI is InChI=1S/C15H22N2O3/c1-15(2,3)13(14(19)20-4)17-12(18)6-5-11-7-9-16-10-8-11/h7-10,13H,5-6H2,1-4H3,(H,17,18)/t13-/m1/s1. The predicted octanol–water partition coefficient (Wildman–Crippen LogP) is 1.72. The van der Waals surface area contributed by atoms with Crippen molar-refractivity contribution in [2.75, 3.05) is 7.11 Å². The Morgan fingerprint density at radius 1 is 1.30 bits per heavy atom. The van der Waals surface area contributed by atoms with Crippen molar-refractivity contribution in [1.82, 2.24) is 10.3 Å². The van der Waals surface area contributed by atoms with Crippen LogP contribution < -0.4 is 5.32 Å². The zero-order valence-electron chi connectivity index (χ0n) is 12.5. The van der Waals surface area contributed by atoms with Gasteiger partial charge in [-0.1, -0.05) is 20.8 Å². The van der Waals surface area contributed by atoms with Gasteiger partial charge < -0.3 is 10.1 Å². The molecule has 1 N–H and O–H groups in total. The van der Waals surface area contributed by atoms with E-state index in [1.165, 1.54) is 7.11 Å². The molecule has 0 aliphatic rings. The molecule has 1 rings (SSSR count). The third kappa shape index (κ3) is 4.99. The molecule has 1 amide bonds. The molecule has 5 heteroatoms. The van der Waals surface area contributed by atoms with Gasteiger partial charge in [-0.2, -0.15) is 0 Å². The first-order valence-electron chi connectivity index (χ1n) is 6.60. The Labute approximate surface area is 119 Å². The number of aryl methyl sites for hydroxylation is 1. The summed E-state index contributed by atoms with van der Waals surface area (Å²) in [6.45, 7) is 5.66. The lowest BCUT2D eigenvalue weighted by Gasteiger charge is -2.29. The van der Waals surface area contributed by atoms with Crippen LogP contribution in [-0.2, 0) is 20.7 Å². The Morgan fingerprint density at radius 3 is 2.40 bits per heavy atom. The quantitative estimate of drug-likeness (QED) is 0.833. The number of esters is 1. The second-order valence-electron chi connectivity index (χ2n) is 5.75. The van der Waals surface area contributed by atoms with Gasteiger partial charge in [0.05, 0.1) is 7.11 Å². The molecule has 0 fully saturated rings. The molecule has 0 unspecified atom stereocenters. The maximum atomic E-state index is 12.0. The molecule has 110 valence electrons. The van der Waals surface area contributed by atoms with E-state index in [4.69, 9.17) is 4.74 Å². The van der Waals surface area contributed by atoms with E-state index in [0.717, 1.165) is 5.56 Å². The highest BCUT2D eigenvalue weighted by atomic mass is 16.5. The van der Waals surface area contributed by atoms with Gasteiger partial charge in [-0.05, 0) is 29.5 Å². The summed E-state index contributed by atoms with van der Waals surface area (Å²) in [4.78, 5) is 27.6. The lowest BCUT2D eigenvalue weighted by Crippen LogP contribution is -2.49. The second-order valence-corrected chi connectivity index (χ2v) is 5.75. The van der Waals surface area contributed by atoms with Gasteiger partial charge in [0.25, 0.3) is 0 Å². The van der Waals surface area contributed by atoms with Crippen LogP contribution in [0, 0.1) is 5.41 Å². The fraction of sp³-hybridized carbons (Fsp3) is 0.533. The molecule has 0 saturated carbocycles. The average Bonchev–Trinajstić information content (AvgIpc) is 2.41. The highest BCUT2D eigenvalue weighted by Gasteiger charge is 2.33. The van der Waals surface area contributed by atoms with Crippen molar-refractivity contribution < 1.29 is 14.3 Å². The first-order chi connectivity index (χ1) is 9.34. The lowest BCUT2D eigenvalue weighted by atomic mass is 9.86. The molecule has 1 aromatic heterocycles. The van der Waals surface area contributed by atoms with Crippen LogP contribution in [0.4, 0.5) is 0 Å². The SMILES string of the molecule is COC(=O)[C@@H](NC(=O)CCc1ccncc1)C(C)(C)C. The van der Waals surface area contributed by atoms with Crippen molar-refractivity contribution in [1.29, 1.82) is 0 Å². The van der Waals surface area contributed by atoms with E-state index in [1.54, 1.807) is 12.4 Å². The van der Waals surface area contributed by atoms with Gasteiger partial charge >= 0.3 is 5.97 Å². The maximum Gasteiger partial charge on any atom is 0.328 e. The van der Waals surface area contributed by atoms with E-state index in [9.17, 15) is 9.59 Å². The van der Waals surface area contributed by atoms with Gasteiger partial charge in [-0.25, -0.2) is 4.79 Å². The molecule has 20 heavy (non-hydrogen) atoms. The fourth-order valence-electron chi connectivity index (χ4n) is 1.79. The Kier molecular flexibility index (Phi) is 5.67. The van der Waals surface area contributed by atoms with Crippen molar-refractivity contribution in [3.05, 3.63) is 30.1 Å². The third-order valence-corrected chi connectivity index (χ3v) is 3.00. The summed E-state index contributed by atoms with van der Waals surface area (Å²) in [6.07, 6.45) is 4.33. The number of aromatic nitrogens is 1. The Morgan fingerprint density at radius 2 is 1.90 bits per heavy atom. The highest BCUT2D eigenvalue weighted by molar-refractivity contribution is 5.85. The summed E-state index contributed by atoms with van der Waals surface area (Å²) in [5.74, 6) is -0.582. The Hall–Kier alpha value is -1.91. The van der Waals surface area contributed by atoms with Crippen molar-refractivity contribution in [3.63, 3.8) is 0 Å². The molecular weight excluding hydrogens is 256 g/mol. The highest BCUT2D eigenvalue weighted by Crippen LogP contribution is 2.20. The van der Waals surface area contributed by atoms with E-state index < -0.39 is 12.0 Å². The number of amides is 1. The van der Waals surface area contributed by atoms with E-state index in [-0.39, 0.29) is 11.3 Å². The first-order valence-corrected chi connectivity index (χ1v) is 6.60. The molecule has 0 aliphatic carbocycles. The van der Waals surface area contributed by atoms with Crippen LogP contribution in [0.3, 0.4) is 0 Å². The average molecular weight is 278 g/mol. The summed E-state index contributed by atoms with van der Waals surface area (Å²) in [5.41, 5.74) is 0.653. The number of carbonyl (C=O) groups excluding carboxylic acids is 2. The van der Waals surface area contributed by atoms with E-state index in [1.807, 2.05) is 32.9 Å². The van der Waals surface area contributed by atoms with E-state index in [0.29, 0.717) is 12.8 Å². The molecule has 1 atom stereocenters. The minimum Gasteiger partial charge on any atom is -0.467 e. The molecule has 1 heterocycles. The molecule has 1 aromatic rings. The number of carbonyl (C=O) groups is 2. The second kappa shape index (κ2) is 7.03. The summed E-state index contributed by atoms with van der Waals surface area (Å²) in [6, 6.07) is 3.10. The number of hydrogen-bond donors (Lipinski definition) is 1. The number of rotatable bonds is 5. The number of ether oxygens (including phenoxy) is 1. The summed E-state index contributed by atoms with van der Waals surface area (Å²) in [5, 5.41) is 2.75. The molecule has 0 bridgehead atoms. The first kappa shape index (κ1) is 16.1. The smallest absolute Gasteiger partial charge is 0.328 e. The van der Waals surface area contributed by atoms with Crippen LogP contribution >= 0.6 is 0 Å². The van der Waals surface area contributed by atoms with Crippen LogP contribution in [0.1, 0.15) is 32.8 Å². The fourth-order valence-corrected chi connectivity index (χ4v) is 1.79. The van der Waals surface area contributed by atoms with Crippen molar-refractivity contribution >= 4 is 11.9 Å². The number of nitrogens with one attached hydrogen (secondary N) is 1. The minimum atomic E-state index is -0.641. The van der Waals surface area contributed by atoms with E-state index in [2.05, 4.69) is 10.3 Å². The largest absolute Gasteiger partial charge is 0.467 e. The number of methoxy groups -OCH3 is 1. The molecule has 0 saturated heterocycles. The summed E-state index contributed by atoms with van der Waals surface area (Å²) < 4.78 is 4.74. The summed E-state index contributed by atoms with van der Waals surface area (Å²) >= 11 is 0. The molecule has 0 spiro atoms. The zero-order chi connectivity index (χ0) is 15.2. The van der Waals surface area contributed by atoms with Gasteiger partial charge in [0.2, 0.25) is 5.91 Å². The molecule has 0 radical (unpaired) electrons. The summed E-state index contributed by atoms with van der Waals surface area (Å²) in [7, 11) is 1.32. The molecule has 0 aromatic carbocycles. The minimum absolute atomic E-state index is 0.160. The van der Waals surface area contributed by atoms with Crippen LogP contribution in [0.25, 0.3) is 0 Å². The molecular formula is C15H22N2O3. The topological polar surface area (TPSA) is 68.3 Å². The molecule has 5 nitrogen and oxygen atoms in total. The van der Waals surface area contributed by atoms with Gasteiger partial charge in [0, 0.05) is 18.8 Å². The van der Waals surface area contributed by atoms with Crippen molar-refractivity contribution in [2.24, 2.45) is 5.41 Å². The van der Waals surface area contributed by atoms with E-state index >= 15 is 0 Å². The van der Waals surface area contributed by atoms with Crippen LogP contribution in [0.5, 0.6) is 0 Å². The maximum absolute atomic E-state index is 12.0. The van der Waals surface area contributed by atoms with Crippen molar-refractivity contribution in [3.8, 4) is 0 Å². The monoisotopic (exact) mass is 278 g/mol. The number of nitrogens with zero attached hydrogens (tertiary/aromatic N) is 1. The molecule has 0 aliphatic heterocycles. The Balaban J connectivity index is 2.57. The van der Waals surface area contributed by atoms with Gasteiger partial charge in [-0.3, -0.25) is 9.78 Å². The number of hydrogen-bond acceptors (Lipinski definition) is 4. The third-order valence-electron chi connectivity index (χ3n) is 3.00. The van der Waals surface area contributed by atoms with Crippen LogP contribution in [0.2, 0.25) is 0 Å². The lowest BCUT2D eigenvalue weighted by molar-refractivity contribution is -0.148. The van der Waals surface area contributed by atoms with Gasteiger partial charge in [0.1, 0.15) is 6.04 Å². The Bertz CT molecular complexity index is 452. The van der Waals surface area contributed by atoms with Crippen LogP contribution in [-0.4, -0.2) is 30.0 Å². The normalized spacial score (nSPS) is 12.6. The van der Waals surface area contributed by atoms with Gasteiger partial charge in [-0.15, -0.1) is 0 Å². The number of pyridine rings is 1.